The Morgan fingerprint density at radius 2 is 1.63 bits per heavy atom. The first-order valence-corrected chi connectivity index (χ1v) is 9.88. The van der Waals surface area contributed by atoms with Gasteiger partial charge < -0.3 is 26.0 Å². The largest absolute Gasteiger partial charge is 0.444 e. The lowest BCUT2D eigenvalue weighted by Crippen LogP contribution is -2.57. The highest BCUT2D eigenvalue weighted by Crippen LogP contribution is 2.28. The molecule has 27 heavy (non-hydrogen) atoms. The van der Waals surface area contributed by atoms with E-state index in [0.29, 0.717) is 25.6 Å². The fourth-order valence-corrected chi connectivity index (χ4v) is 2.57. The van der Waals surface area contributed by atoms with Crippen molar-refractivity contribution in [3.63, 3.8) is 0 Å². The first kappa shape index (κ1) is 23.0. The standard InChI is InChI=1S/C19H37N5O3/c1-7-19(8-2,24-17(26)27-18(3,4)5)13-23-16(20-6)22-12-11-21-15(25)14-9-10-14/h14H,7-13H2,1-6H3,(H,21,25)(H,24,26)(H2,20,22,23). The number of hydrogen-bond donors (Lipinski definition) is 4. The number of guanidine groups is 1. The average Bonchev–Trinajstić information content (AvgIpc) is 3.43. The van der Waals surface area contributed by atoms with Gasteiger partial charge in [0, 0.05) is 32.6 Å². The van der Waals surface area contributed by atoms with Crippen molar-refractivity contribution in [2.75, 3.05) is 26.7 Å². The summed E-state index contributed by atoms with van der Waals surface area (Å²) < 4.78 is 5.39. The molecular formula is C19H37N5O3. The van der Waals surface area contributed by atoms with E-state index in [1.54, 1.807) is 7.05 Å². The van der Waals surface area contributed by atoms with E-state index in [0.717, 1.165) is 25.7 Å². The van der Waals surface area contributed by atoms with Crippen LogP contribution >= 0.6 is 0 Å². The van der Waals surface area contributed by atoms with Gasteiger partial charge in [-0.2, -0.15) is 0 Å². The zero-order chi connectivity index (χ0) is 20.5. The number of rotatable bonds is 9. The first-order chi connectivity index (χ1) is 12.6. The lowest BCUT2D eigenvalue weighted by Gasteiger charge is -2.34. The van der Waals surface area contributed by atoms with Crippen LogP contribution in [0.5, 0.6) is 0 Å². The van der Waals surface area contributed by atoms with Gasteiger partial charge in [0.05, 0.1) is 5.54 Å². The minimum Gasteiger partial charge on any atom is -0.444 e. The molecule has 0 spiro atoms. The van der Waals surface area contributed by atoms with Crippen LogP contribution in [0.4, 0.5) is 4.79 Å². The van der Waals surface area contributed by atoms with E-state index in [1.165, 1.54) is 0 Å². The number of hydrogen-bond acceptors (Lipinski definition) is 4. The summed E-state index contributed by atoms with van der Waals surface area (Å²) in [7, 11) is 1.69. The quantitative estimate of drug-likeness (QED) is 0.276. The van der Waals surface area contributed by atoms with Gasteiger partial charge in [-0.25, -0.2) is 4.79 Å². The summed E-state index contributed by atoms with van der Waals surface area (Å²) in [6, 6.07) is 0. The molecule has 0 aromatic heterocycles. The molecule has 0 unspecified atom stereocenters. The lowest BCUT2D eigenvalue weighted by atomic mass is 9.93. The van der Waals surface area contributed by atoms with Crippen LogP contribution in [0.1, 0.15) is 60.3 Å². The SMILES string of the molecule is CCC(CC)(CNC(=NC)NCCNC(=O)C1CC1)NC(=O)OC(C)(C)C. The maximum atomic E-state index is 12.2. The van der Waals surface area contributed by atoms with Crippen molar-refractivity contribution in [2.45, 2.75) is 71.4 Å². The number of aliphatic imine (C=N–C) groups is 1. The third-order valence-corrected chi connectivity index (χ3v) is 4.60. The second-order valence-corrected chi connectivity index (χ2v) is 8.03. The molecular weight excluding hydrogens is 346 g/mol. The predicted octanol–water partition coefficient (Wildman–Crippen LogP) is 1.76. The zero-order valence-electron chi connectivity index (χ0n) is 17.7. The van der Waals surface area contributed by atoms with Gasteiger partial charge in [-0.05, 0) is 46.5 Å². The molecule has 1 aliphatic rings. The van der Waals surface area contributed by atoms with Gasteiger partial charge in [-0.15, -0.1) is 0 Å². The zero-order valence-corrected chi connectivity index (χ0v) is 17.7. The molecule has 2 amide bonds. The van der Waals surface area contributed by atoms with E-state index in [2.05, 4.69) is 26.3 Å². The molecule has 0 aromatic rings. The van der Waals surface area contributed by atoms with Crippen LogP contribution in [-0.4, -0.2) is 55.8 Å². The molecule has 1 rings (SSSR count). The van der Waals surface area contributed by atoms with Crippen LogP contribution in [0.15, 0.2) is 4.99 Å². The van der Waals surface area contributed by atoms with Gasteiger partial charge >= 0.3 is 6.09 Å². The van der Waals surface area contributed by atoms with Gasteiger partial charge in [0.1, 0.15) is 5.60 Å². The Morgan fingerprint density at radius 1 is 1.04 bits per heavy atom. The van der Waals surface area contributed by atoms with Crippen molar-refractivity contribution < 1.29 is 14.3 Å². The maximum absolute atomic E-state index is 12.2. The Balaban J connectivity index is 2.44. The van der Waals surface area contributed by atoms with Crippen LogP contribution in [0.3, 0.4) is 0 Å². The number of carbonyl (C=O) groups excluding carboxylic acids is 2. The van der Waals surface area contributed by atoms with Crippen molar-refractivity contribution in [3.05, 3.63) is 0 Å². The molecule has 0 atom stereocenters. The number of nitrogens with zero attached hydrogens (tertiary/aromatic N) is 1. The smallest absolute Gasteiger partial charge is 0.408 e. The minimum atomic E-state index is -0.534. The van der Waals surface area contributed by atoms with Gasteiger partial charge in [0.2, 0.25) is 5.91 Å². The molecule has 8 nitrogen and oxygen atoms in total. The summed E-state index contributed by atoms with van der Waals surface area (Å²) >= 11 is 0. The number of amides is 2. The summed E-state index contributed by atoms with van der Waals surface area (Å²) in [6.45, 7) is 11.3. The van der Waals surface area contributed by atoms with Crippen molar-refractivity contribution >= 4 is 18.0 Å². The highest BCUT2D eigenvalue weighted by atomic mass is 16.6. The molecule has 156 valence electrons. The molecule has 0 radical (unpaired) electrons. The predicted molar refractivity (Wildman–Crippen MR) is 108 cm³/mol. The number of carbonyl (C=O) groups is 2. The summed E-state index contributed by atoms with van der Waals surface area (Å²) in [6.07, 6.45) is 3.10. The Bertz CT molecular complexity index is 520. The summed E-state index contributed by atoms with van der Waals surface area (Å²) in [4.78, 5) is 28.0. The minimum absolute atomic E-state index is 0.136. The fraction of sp³-hybridized carbons (Fsp3) is 0.842. The van der Waals surface area contributed by atoms with Crippen LogP contribution in [0.25, 0.3) is 0 Å². The van der Waals surface area contributed by atoms with E-state index in [-0.39, 0.29) is 11.8 Å². The third-order valence-electron chi connectivity index (χ3n) is 4.60. The number of ether oxygens (including phenoxy) is 1. The van der Waals surface area contributed by atoms with Crippen molar-refractivity contribution in [2.24, 2.45) is 10.9 Å². The van der Waals surface area contributed by atoms with E-state index >= 15 is 0 Å². The van der Waals surface area contributed by atoms with E-state index < -0.39 is 17.2 Å². The fourth-order valence-electron chi connectivity index (χ4n) is 2.57. The second kappa shape index (κ2) is 10.4. The van der Waals surface area contributed by atoms with Crippen LogP contribution in [0, 0.1) is 5.92 Å². The van der Waals surface area contributed by atoms with Crippen LogP contribution in [-0.2, 0) is 9.53 Å². The highest BCUT2D eigenvalue weighted by Gasteiger charge is 2.31. The average molecular weight is 384 g/mol. The van der Waals surface area contributed by atoms with Crippen LogP contribution in [0.2, 0.25) is 0 Å². The van der Waals surface area contributed by atoms with E-state index in [1.807, 2.05) is 34.6 Å². The van der Waals surface area contributed by atoms with Crippen LogP contribution < -0.4 is 21.3 Å². The van der Waals surface area contributed by atoms with Crippen molar-refractivity contribution in [3.8, 4) is 0 Å². The Labute approximate surface area is 163 Å². The Morgan fingerprint density at radius 3 is 2.11 bits per heavy atom. The summed E-state index contributed by atoms with van der Waals surface area (Å²) in [5, 5.41) is 12.3. The third kappa shape index (κ3) is 8.97. The van der Waals surface area contributed by atoms with Gasteiger partial charge in [0.15, 0.2) is 5.96 Å². The normalized spacial score (nSPS) is 15.1. The molecule has 1 aliphatic carbocycles. The monoisotopic (exact) mass is 383 g/mol. The first-order valence-electron chi connectivity index (χ1n) is 9.88. The molecule has 0 aromatic carbocycles. The Hall–Kier alpha value is -1.99. The Kier molecular flexibility index (Phi) is 8.85. The van der Waals surface area contributed by atoms with Gasteiger partial charge in [-0.3, -0.25) is 9.79 Å². The molecule has 4 N–H and O–H groups in total. The van der Waals surface area contributed by atoms with Crippen molar-refractivity contribution in [1.82, 2.24) is 21.3 Å². The number of nitrogens with one attached hydrogen (secondary N) is 4. The van der Waals surface area contributed by atoms with Crippen molar-refractivity contribution in [1.29, 1.82) is 0 Å². The maximum Gasteiger partial charge on any atom is 0.408 e. The molecule has 1 fully saturated rings. The molecule has 1 saturated carbocycles. The summed E-state index contributed by atoms with van der Waals surface area (Å²) in [5.74, 6) is 0.987. The molecule has 0 heterocycles. The van der Waals surface area contributed by atoms with Gasteiger partial charge in [0.25, 0.3) is 0 Å². The molecule has 0 aliphatic heterocycles. The molecule has 8 heteroatoms. The van der Waals surface area contributed by atoms with Gasteiger partial charge in [-0.1, -0.05) is 13.8 Å². The summed E-state index contributed by atoms with van der Waals surface area (Å²) in [5.41, 5.74) is -0.965. The second-order valence-electron chi connectivity index (χ2n) is 8.03. The number of alkyl carbamates (subject to hydrolysis) is 1. The van der Waals surface area contributed by atoms with E-state index in [4.69, 9.17) is 4.74 Å². The highest BCUT2D eigenvalue weighted by molar-refractivity contribution is 5.81. The van der Waals surface area contributed by atoms with E-state index in [9.17, 15) is 9.59 Å². The topological polar surface area (TPSA) is 104 Å². The lowest BCUT2D eigenvalue weighted by molar-refractivity contribution is -0.122. The molecule has 0 bridgehead atoms. The molecule has 0 saturated heterocycles.